The monoisotopic (exact) mass is 461 g/mol. The number of azo groups is 1. The number of H-pyrrole nitrogens is 1. The molecule has 0 atom stereocenters. The lowest BCUT2D eigenvalue weighted by atomic mass is 10.1. The molecule has 0 radical (unpaired) electrons. The van der Waals surface area contributed by atoms with Crippen LogP contribution in [0.3, 0.4) is 0 Å². The average Bonchev–Trinajstić information content (AvgIpc) is 3.16. The number of aromatic amines is 1. The number of nitrogens with one attached hydrogen (secondary N) is 1. The van der Waals surface area contributed by atoms with Gasteiger partial charge in [0, 0.05) is 19.9 Å². The smallest absolute Gasteiger partial charge is 0.307 e. The van der Waals surface area contributed by atoms with E-state index >= 15 is 0 Å². The van der Waals surface area contributed by atoms with Gasteiger partial charge in [0.2, 0.25) is 5.88 Å². The number of aromatic nitrogens is 1. The molecule has 5 nitrogen and oxygen atoms in total. The molecular formula is C19H13BrClN3O2S. The molecular weight excluding hydrogens is 450 g/mol. The van der Waals surface area contributed by atoms with E-state index in [1.54, 1.807) is 0 Å². The molecule has 2 N–H and O–H groups in total. The van der Waals surface area contributed by atoms with E-state index in [-0.39, 0.29) is 11.6 Å². The number of carbonyl (C=O) groups excluding carboxylic acids is 1. The molecule has 4 aromatic rings. The molecule has 4 rings (SSSR count). The minimum atomic E-state index is -0.548. The van der Waals surface area contributed by atoms with Crippen molar-refractivity contribution in [3.63, 3.8) is 0 Å². The molecule has 0 unspecified atom stereocenters. The van der Waals surface area contributed by atoms with E-state index in [0.717, 1.165) is 32.1 Å². The standard InChI is InChI=1S/C19H13BrClN3O2S/c1-2-9-6-7-12-10(8-9)16(18(25)22-12)23-24-19(26)17-15(21)14-11(20)4-3-5-13(14)27-17/h3-8,22,25H,2H2,1H3. The SMILES string of the molecule is CCc1ccc2[nH]c(O)c(N=NC(=O)c3sc4cccc(Br)c4c3Cl)c2c1. The number of carbonyl (C=O) groups is 1. The summed E-state index contributed by atoms with van der Waals surface area (Å²) in [4.78, 5) is 15.7. The van der Waals surface area contributed by atoms with E-state index in [9.17, 15) is 9.90 Å². The summed E-state index contributed by atoms with van der Waals surface area (Å²) in [5.74, 6) is -0.673. The zero-order valence-electron chi connectivity index (χ0n) is 14.1. The summed E-state index contributed by atoms with van der Waals surface area (Å²) < 4.78 is 1.70. The number of hydrogen-bond acceptors (Lipinski definition) is 4. The number of benzene rings is 2. The molecule has 0 bridgehead atoms. The van der Waals surface area contributed by atoms with Gasteiger partial charge in [-0.05, 0) is 36.2 Å². The third-order valence-corrected chi connectivity index (χ3v) is 6.56. The van der Waals surface area contributed by atoms with Gasteiger partial charge >= 0.3 is 5.91 Å². The normalized spacial score (nSPS) is 11.8. The summed E-state index contributed by atoms with van der Waals surface area (Å²) in [5.41, 5.74) is 2.07. The number of nitrogens with zero attached hydrogens (tertiary/aromatic N) is 2. The summed E-state index contributed by atoms with van der Waals surface area (Å²) in [6.45, 7) is 2.04. The summed E-state index contributed by atoms with van der Waals surface area (Å²) in [6.07, 6.45) is 0.851. The van der Waals surface area contributed by atoms with Gasteiger partial charge < -0.3 is 10.1 Å². The van der Waals surface area contributed by atoms with Gasteiger partial charge in [-0.2, -0.15) is 0 Å². The highest BCUT2D eigenvalue weighted by molar-refractivity contribution is 9.10. The summed E-state index contributed by atoms with van der Waals surface area (Å²) in [7, 11) is 0. The lowest BCUT2D eigenvalue weighted by Gasteiger charge is -1.97. The third kappa shape index (κ3) is 3.16. The number of aryl methyl sites for hydroxylation is 1. The van der Waals surface area contributed by atoms with Crippen LogP contribution in [0, 0.1) is 0 Å². The van der Waals surface area contributed by atoms with Crippen LogP contribution >= 0.6 is 38.9 Å². The number of thiophene rings is 1. The zero-order chi connectivity index (χ0) is 19.1. The molecule has 0 aliphatic heterocycles. The minimum Gasteiger partial charge on any atom is -0.493 e. The highest BCUT2D eigenvalue weighted by atomic mass is 79.9. The Kier molecular flexibility index (Phi) is 4.75. The topological polar surface area (TPSA) is 77.8 Å². The molecule has 0 spiro atoms. The fourth-order valence-corrected chi connectivity index (χ4v) is 5.15. The number of rotatable bonds is 3. The maximum Gasteiger partial charge on any atom is 0.307 e. The number of fused-ring (bicyclic) bond motifs is 2. The first-order valence-electron chi connectivity index (χ1n) is 8.15. The molecule has 0 saturated carbocycles. The maximum atomic E-state index is 12.6. The van der Waals surface area contributed by atoms with Crippen molar-refractivity contribution >= 4 is 71.5 Å². The van der Waals surface area contributed by atoms with Gasteiger partial charge in [-0.15, -0.1) is 21.6 Å². The zero-order valence-corrected chi connectivity index (χ0v) is 17.2. The Hall–Kier alpha value is -2.22. The summed E-state index contributed by atoms with van der Waals surface area (Å²) in [6, 6.07) is 11.4. The van der Waals surface area contributed by atoms with Gasteiger partial charge in [-0.1, -0.05) is 46.6 Å². The summed E-state index contributed by atoms with van der Waals surface area (Å²) in [5, 5.41) is 19.8. The van der Waals surface area contributed by atoms with Crippen molar-refractivity contribution in [3.05, 3.63) is 56.3 Å². The van der Waals surface area contributed by atoms with Gasteiger partial charge in [0.1, 0.15) is 4.88 Å². The quantitative estimate of drug-likeness (QED) is 0.322. The Labute approximate surface area is 171 Å². The second kappa shape index (κ2) is 7.07. The van der Waals surface area contributed by atoms with Crippen molar-refractivity contribution in [3.8, 4) is 5.88 Å². The predicted octanol–water partition coefficient (Wildman–Crippen LogP) is 6.99. The van der Waals surface area contributed by atoms with Gasteiger partial charge in [-0.25, -0.2) is 0 Å². The number of halogens is 2. The van der Waals surface area contributed by atoms with Crippen LogP contribution in [0.15, 0.2) is 51.1 Å². The maximum absolute atomic E-state index is 12.6. The molecule has 136 valence electrons. The Morgan fingerprint density at radius 1 is 1.33 bits per heavy atom. The third-order valence-electron chi connectivity index (χ3n) is 4.27. The van der Waals surface area contributed by atoms with E-state index in [4.69, 9.17) is 11.6 Å². The molecule has 2 aromatic heterocycles. The van der Waals surface area contributed by atoms with Crippen LogP contribution in [-0.4, -0.2) is 16.0 Å². The van der Waals surface area contributed by atoms with Crippen molar-refractivity contribution in [1.82, 2.24) is 4.98 Å². The van der Waals surface area contributed by atoms with Crippen molar-refractivity contribution in [2.45, 2.75) is 13.3 Å². The van der Waals surface area contributed by atoms with Crippen LogP contribution in [0.2, 0.25) is 5.02 Å². The molecule has 2 aromatic carbocycles. The lowest BCUT2D eigenvalue weighted by Crippen LogP contribution is -1.89. The Morgan fingerprint density at radius 3 is 2.89 bits per heavy atom. The number of amides is 1. The Balaban J connectivity index is 1.74. The van der Waals surface area contributed by atoms with Crippen LogP contribution < -0.4 is 0 Å². The van der Waals surface area contributed by atoms with Crippen LogP contribution in [0.25, 0.3) is 21.0 Å². The van der Waals surface area contributed by atoms with Crippen molar-refractivity contribution in [1.29, 1.82) is 0 Å². The Morgan fingerprint density at radius 2 is 2.15 bits per heavy atom. The summed E-state index contributed by atoms with van der Waals surface area (Å²) >= 11 is 11.1. The minimum absolute atomic E-state index is 0.125. The largest absolute Gasteiger partial charge is 0.493 e. The molecule has 8 heteroatoms. The predicted molar refractivity (Wildman–Crippen MR) is 113 cm³/mol. The van der Waals surface area contributed by atoms with Gasteiger partial charge in [0.15, 0.2) is 5.69 Å². The second-order valence-corrected chi connectivity index (χ2v) is 8.20. The van der Waals surface area contributed by atoms with Gasteiger partial charge in [0.05, 0.1) is 10.5 Å². The average molecular weight is 463 g/mol. The second-order valence-electron chi connectivity index (χ2n) is 5.92. The molecule has 1 amide bonds. The first kappa shape index (κ1) is 18.2. The fourth-order valence-electron chi connectivity index (χ4n) is 2.88. The van der Waals surface area contributed by atoms with E-state index < -0.39 is 5.91 Å². The fraction of sp³-hybridized carbons (Fsp3) is 0.105. The highest BCUT2D eigenvalue weighted by Gasteiger charge is 2.19. The Bertz CT molecular complexity index is 1230. The number of aromatic hydroxyl groups is 1. The molecule has 27 heavy (non-hydrogen) atoms. The molecule has 0 aliphatic carbocycles. The van der Waals surface area contributed by atoms with Crippen LogP contribution in [-0.2, 0) is 6.42 Å². The van der Waals surface area contributed by atoms with E-state index in [0.29, 0.717) is 15.3 Å². The molecule has 0 aliphatic rings. The first-order valence-corrected chi connectivity index (χ1v) is 10.1. The lowest BCUT2D eigenvalue weighted by molar-refractivity contribution is 0.0999. The molecule has 0 saturated heterocycles. The van der Waals surface area contributed by atoms with Gasteiger partial charge in [-0.3, -0.25) is 4.79 Å². The van der Waals surface area contributed by atoms with Crippen LogP contribution in [0.1, 0.15) is 22.2 Å². The van der Waals surface area contributed by atoms with E-state index in [2.05, 4.69) is 31.1 Å². The van der Waals surface area contributed by atoms with Crippen LogP contribution in [0.5, 0.6) is 5.88 Å². The van der Waals surface area contributed by atoms with E-state index in [1.165, 1.54) is 11.3 Å². The van der Waals surface area contributed by atoms with Crippen molar-refractivity contribution < 1.29 is 9.90 Å². The number of hydrogen-bond donors (Lipinski definition) is 2. The van der Waals surface area contributed by atoms with E-state index in [1.807, 2.05) is 43.3 Å². The van der Waals surface area contributed by atoms with Gasteiger partial charge in [0.25, 0.3) is 0 Å². The molecule has 0 fully saturated rings. The first-order chi connectivity index (χ1) is 13.0. The van der Waals surface area contributed by atoms with Crippen LogP contribution in [0.4, 0.5) is 5.69 Å². The highest BCUT2D eigenvalue weighted by Crippen LogP contribution is 2.40. The van der Waals surface area contributed by atoms with Crippen molar-refractivity contribution in [2.24, 2.45) is 10.2 Å². The molecule has 2 heterocycles. The van der Waals surface area contributed by atoms with Crippen molar-refractivity contribution in [2.75, 3.05) is 0 Å².